The molecule has 6 aromatic heterocycles. The van der Waals surface area contributed by atoms with Gasteiger partial charge in [0.05, 0.1) is 48.0 Å². The van der Waals surface area contributed by atoms with Crippen LogP contribution in [0, 0.1) is 0 Å². The summed E-state index contributed by atoms with van der Waals surface area (Å²) in [7, 11) is 0. The van der Waals surface area contributed by atoms with Gasteiger partial charge in [0, 0.05) is 37.1 Å². The normalized spacial score (nSPS) is 12.0. The molecule has 2 unspecified atom stereocenters. The molecule has 33 heteroatoms. The van der Waals surface area contributed by atoms with Crippen LogP contribution in [0.1, 0.15) is 100.0 Å². The molecule has 0 fully saturated rings. The zero-order chi connectivity index (χ0) is 54.5. The first-order valence-corrected chi connectivity index (χ1v) is 24.3. The van der Waals surface area contributed by atoms with Crippen LogP contribution in [0.2, 0.25) is 20.1 Å². The van der Waals surface area contributed by atoms with E-state index in [-0.39, 0.29) is 77.5 Å². The molecule has 0 aromatic carbocycles. The molecule has 6 rings (SSSR count). The molecule has 0 bridgehead atoms. The lowest BCUT2D eigenvalue weighted by Crippen LogP contribution is -2.15. The van der Waals surface area contributed by atoms with Crippen molar-refractivity contribution in [2.24, 2.45) is 0 Å². The lowest BCUT2D eigenvalue weighted by Gasteiger charge is -2.11. The summed E-state index contributed by atoms with van der Waals surface area (Å²) in [5.41, 5.74) is 3.18. The molecular formula is C40H31Cl4F6IN12O8S2. The Kier molecular flexibility index (Phi) is 21.5. The summed E-state index contributed by atoms with van der Waals surface area (Å²) >= 11 is 26.9. The molecule has 73 heavy (non-hydrogen) atoms. The Bertz CT molecular complexity index is 3030. The van der Waals surface area contributed by atoms with Gasteiger partial charge in [-0.25, -0.2) is 39.9 Å². The van der Waals surface area contributed by atoms with Gasteiger partial charge in [-0.1, -0.05) is 82.8 Å². The summed E-state index contributed by atoms with van der Waals surface area (Å²) in [5.74, 6) is -5.78. The number of nitrogens with zero attached hydrogens (tertiary/aromatic N) is 8. The van der Waals surface area contributed by atoms with Crippen LogP contribution in [0.25, 0.3) is 0 Å². The van der Waals surface area contributed by atoms with Crippen molar-refractivity contribution in [1.82, 2.24) is 39.9 Å². The molecule has 0 aliphatic carbocycles. The number of alkyl halides is 7. The van der Waals surface area contributed by atoms with Gasteiger partial charge >= 0.3 is 24.3 Å². The van der Waals surface area contributed by atoms with Gasteiger partial charge in [0.1, 0.15) is 73.7 Å². The number of pyridine rings is 2. The maximum absolute atomic E-state index is 13.0. The van der Waals surface area contributed by atoms with E-state index in [1.807, 2.05) is 0 Å². The number of anilines is 4. The minimum absolute atomic E-state index is 0.0113. The molecule has 0 saturated heterocycles. The highest BCUT2D eigenvalue weighted by molar-refractivity contribution is 14.1. The summed E-state index contributed by atoms with van der Waals surface area (Å²) in [4.78, 5) is 101. The molecule has 6 heterocycles. The van der Waals surface area contributed by atoms with Gasteiger partial charge in [-0.05, 0) is 12.1 Å². The van der Waals surface area contributed by atoms with Gasteiger partial charge in [0.2, 0.25) is 0 Å². The van der Waals surface area contributed by atoms with Gasteiger partial charge in [-0.15, -0.1) is 22.7 Å². The van der Waals surface area contributed by atoms with E-state index >= 15 is 0 Å². The molecule has 6 aromatic rings. The number of hydrogen-bond acceptors (Lipinski definition) is 18. The number of aliphatic carboxylic acids is 2. The summed E-state index contributed by atoms with van der Waals surface area (Å²) < 4.78 is 78.2. The van der Waals surface area contributed by atoms with E-state index in [2.05, 4.69) is 55.8 Å². The predicted molar refractivity (Wildman–Crippen MR) is 265 cm³/mol. The maximum Gasteiger partial charge on any atom is 0.418 e. The fourth-order valence-electron chi connectivity index (χ4n) is 5.39. The standard InChI is InChI=1S/C20H15Cl2F3N6O4S.C18H13Cl2F3N6O2S.C2H3IO2/c1-8(2-11(32)16-15(22)17(30-7-29-16)27-6-14(33)34)19-28-5-12(36-19)18(35)31-13-3-9(20(23,24)25)10(21)4-26-13;1-7(2-10(30)14-13(20)15(24)28-6-27-14)17-26-5-11(32-17)16(31)29-12-3-8(18(21,22)23)9(19)4-25-12;3-1-2(4)5/h3-5,7-8H,2,6H2,1H3,(H,33,34)(H,26,31,35)(H,27,29,30);3-7H,2H2,1H3,(H2,24,27,28)(H,25,29,31);1H2,(H,4,5). The lowest BCUT2D eigenvalue weighted by atomic mass is 10.0. The first-order chi connectivity index (χ1) is 34.1. The van der Waals surface area contributed by atoms with Crippen molar-refractivity contribution in [1.29, 1.82) is 0 Å². The number of hydrogen-bond donors (Lipinski definition) is 6. The van der Waals surface area contributed by atoms with Gasteiger partial charge in [-0.2, -0.15) is 26.3 Å². The smallest absolute Gasteiger partial charge is 0.418 e. The highest BCUT2D eigenvalue weighted by Crippen LogP contribution is 2.37. The SMILES string of the molecule is CC(CC(=O)c1ncnc(N)c1Cl)c1ncc(C(=O)Nc2cc(C(F)(F)F)c(Cl)cn2)s1.CC(CC(=O)c1ncnc(NCC(=O)O)c1Cl)c1ncc(C(=O)Nc2cc(C(F)(F)F)c(Cl)cn2)s1.O=C(O)CI. The number of aromatic nitrogens is 8. The summed E-state index contributed by atoms with van der Waals surface area (Å²) in [6, 6.07) is 1.26. The van der Waals surface area contributed by atoms with Crippen LogP contribution in [-0.4, -0.2) is 96.4 Å². The summed E-state index contributed by atoms with van der Waals surface area (Å²) in [6.07, 6.45) is -3.28. The molecule has 0 saturated carbocycles. The predicted octanol–water partition coefficient (Wildman–Crippen LogP) is 10.1. The Hall–Kier alpha value is -5.99. The molecule has 0 spiro atoms. The average molecular weight is 1250 g/mol. The van der Waals surface area contributed by atoms with Crippen LogP contribution in [0.4, 0.5) is 49.6 Å². The fourth-order valence-corrected chi connectivity index (χ4v) is 8.02. The van der Waals surface area contributed by atoms with Crippen molar-refractivity contribution in [2.45, 2.75) is 50.9 Å². The Labute approximate surface area is 448 Å². The number of halogens is 11. The number of carboxylic acid groups (broad SMARTS) is 2. The van der Waals surface area contributed by atoms with Gasteiger partial charge in [0.15, 0.2) is 11.6 Å². The van der Waals surface area contributed by atoms with Crippen LogP contribution >= 0.6 is 91.7 Å². The Morgan fingerprint density at radius 1 is 0.644 bits per heavy atom. The second-order valence-electron chi connectivity index (χ2n) is 14.3. The van der Waals surface area contributed by atoms with Crippen molar-refractivity contribution >= 4 is 150 Å². The van der Waals surface area contributed by atoms with E-state index in [0.717, 1.165) is 47.7 Å². The Morgan fingerprint density at radius 3 is 1.45 bits per heavy atom. The number of nitrogen functional groups attached to an aromatic ring is 1. The largest absolute Gasteiger partial charge is 0.481 e. The van der Waals surface area contributed by atoms with Crippen LogP contribution in [-0.2, 0) is 21.9 Å². The highest BCUT2D eigenvalue weighted by Gasteiger charge is 2.35. The van der Waals surface area contributed by atoms with Crippen LogP contribution in [0.3, 0.4) is 0 Å². The molecule has 2 atom stereocenters. The molecule has 20 nitrogen and oxygen atoms in total. The zero-order valence-corrected chi connectivity index (χ0v) is 43.4. The topological polar surface area (TPSA) is 308 Å². The molecule has 7 N–H and O–H groups in total. The van der Waals surface area contributed by atoms with Crippen LogP contribution in [0.5, 0.6) is 0 Å². The van der Waals surface area contributed by atoms with Crippen molar-refractivity contribution < 1.29 is 65.3 Å². The Balaban J connectivity index is 0.000000291. The number of rotatable bonds is 16. The molecule has 0 aliphatic heterocycles. The van der Waals surface area contributed by atoms with E-state index in [9.17, 15) is 55.1 Å². The molecular weight excluding hydrogens is 1220 g/mol. The highest BCUT2D eigenvalue weighted by atomic mass is 127. The second kappa shape index (κ2) is 26.3. The molecule has 0 radical (unpaired) electrons. The molecule has 2 amide bonds. The van der Waals surface area contributed by atoms with Crippen molar-refractivity contribution in [3.63, 3.8) is 0 Å². The summed E-state index contributed by atoms with van der Waals surface area (Å²) in [5, 5.41) is 23.0. The minimum atomic E-state index is -4.72. The van der Waals surface area contributed by atoms with Crippen LogP contribution < -0.4 is 21.7 Å². The number of ketones is 2. The number of nitrogens with two attached hydrogens (primary N) is 1. The summed E-state index contributed by atoms with van der Waals surface area (Å²) in [6.45, 7) is 2.93. The number of amides is 2. The lowest BCUT2D eigenvalue weighted by molar-refractivity contribution is -0.138. The molecule has 388 valence electrons. The van der Waals surface area contributed by atoms with E-state index in [1.54, 1.807) is 36.4 Å². The van der Waals surface area contributed by atoms with E-state index < -0.39 is 81.4 Å². The van der Waals surface area contributed by atoms with Gasteiger partial charge < -0.3 is 31.9 Å². The third-order valence-electron chi connectivity index (χ3n) is 8.78. The quantitative estimate of drug-likeness (QED) is 0.0227. The van der Waals surface area contributed by atoms with Gasteiger partial charge in [0.25, 0.3) is 11.8 Å². The third kappa shape index (κ3) is 17.3. The van der Waals surface area contributed by atoms with Crippen LogP contribution in [0.15, 0.2) is 49.6 Å². The number of carboxylic acids is 2. The first kappa shape index (κ1) is 59.6. The van der Waals surface area contributed by atoms with E-state index in [1.165, 1.54) is 12.4 Å². The monoisotopic (exact) mass is 1250 g/mol. The third-order valence-corrected chi connectivity index (χ3v) is 13.2. The average Bonchev–Trinajstić information content (AvgIpc) is 4.03. The number of carbonyl (C=O) groups excluding carboxylic acids is 4. The number of thiazole rings is 2. The van der Waals surface area contributed by atoms with Crippen molar-refractivity contribution in [3.8, 4) is 0 Å². The maximum atomic E-state index is 13.0. The van der Waals surface area contributed by atoms with E-state index in [4.69, 9.17) is 62.4 Å². The zero-order valence-electron chi connectivity index (χ0n) is 36.6. The second-order valence-corrected chi connectivity index (χ2v) is 18.7. The first-order valence-electron chi connectivity index (χ1n) is 19.7. The number of nitrogens with one attached hydrogen (secondary N) is 3. The van der Waals surface area contributed by atoms with Crippen molar-refractivity contribution in [2.75, 3.05) is 32.7 Å². The van der Waals surface area contributed by atoms with E-state index in [0.29, 0.717) is 22.1 Å². The van der Waals surface area contributed by atoms with Gasteiger partial charge in [-0.3, -0.25) is 28.8 Å². The fraction of sp³-hybridized carbons (Fsp3) is 0.250. The number of carbonyl (C=O) groups is 6. The minimum Gasteiger partial charge on any atom is -0.481 e. The Morgan fingerprint density at radius 2 is 1.05 bits per heavy atom. The van der Waals surface area contributed by atoms with Crippen molar-refractivity contribution in [3.05, 3.63) is 112 Å². The molecule has 0 aliphatic rings. The number of Topliss-reactive ketones (excluding diaryl/α,β-unsaturated/α-hetero) is 2.